The Morgan fingerprint density at radius 3 is 1.32 bits per heavy atom. The van der Waals surface area contributed by atoms with E-state index in [4.69, 9.17) is 0 Å². The third kappa shape index (κ3) is 2.52. The lowest BCUT2D eigenvalue weighted by Crippen LogP contribution is -2.50. The maximum absolute atomic E-state index is 2.52. The van der Waals surface area contributed by atoms with Gasteiger partial charge < -0.3 is 0 Å². The maximum Gasteiger partial charge on any atom is -0.0143 e. The summed E-state index contributed by atoms with van der Waals surface area (Å²) >= 11 is 0. The van der Waals surface area contributed by atoms with Crippen LogP contribution in [0, 0.1) is 23.7 Å². The zero-order valence-electron chi connectivity index (χ0n) is 13.9. The van der Waals surface area contributed by atoms with E-state index >= 15 is 0 Å². The highest BCUT2D eigenvalue weighted by Crippen LogP contribution is 2.71. The molecule has 0 aromatic rings. The van der Waals surface area contributed by atoms with Gasteiger partial charge in [0.05, 0.1) is 0 Å². The SMILES string of the molecule is CC(C)(C)P(C1C2CC3CC(C2)CC1C3)C(C)(C)C. The molecule has 0 amide bonds. The second-order valence-corrected chi connectivity index (χ2v) is 13.7. The van der Waals surface area contributed by atoms with Crippen LogP contribution >= 0.6 is 7.92 Å². The summed E-state index contributed by atoms with van der Waals surface area (Å²) in [7, 11) is 0.107. The molecule has 1 heteroatoms. The monoisotopic (exact) mass is 280 g/mol. The maximum atomic E-state index is 2.52. The van der Waals surface area contributed by atoms with E-state index in [2.05, 4.69) is 41.5 Å². The Hall–Kier alpha value is 0.430. The Kier molecular flexibility index (Phi) is 3.37. The van der Waals surface area contributed by atoms with Crippen molar-refractivity contribution in [3.8, 4) is 0 Å². The van der Waals surface area contributed by atoms with Gasteiger partial charge >= 0.3 is 0 Å². The molecule has 0 atom stereocenters. The summed E-state index contributed by atoms with van der Waals surface area (Å²) in [5.74, 6) is 4.44. The molecule has 0 aromatic heterocycles. The van der Waals surface area contributed by atoms with Crippen molar-refractivity contribution in [1.29, 1.82) is 0 Å². The second kappa shape index (κ2) is 4.46. The number of hydrogen-bond donors (Lipinski definition) is 0. The first kappa shape index (κ1) is 14.4. The molecule has 0 N–H and O–H groups in total. The fourth-order valence-corrected chi connectivity index (χ4v) is 11.4. The standard InChI is InChI=1S/C18H33P/c1-17(2,3)19(18(4,5)6)16-14-8-12-7-13(10-14)11-15(16)9-12/h12-16H,7-11H2,1-6H3. The third-order valence-corrected chi connectivity index (χ3v) is 10.3. The molecular formula is C18H33P. The Balaban J connectivity index is 1.91. The lowest BCUT2D eigenvalue weighted by molar-refractivity contribution is 0.0237. The van der Waals surface area contributed by atoms with Gasteiger partial charge in [0.25, 0.3) is 0 Å². The lowest BCUT2D eigenvalue weighted by atomic mass is 9.56. The molecule has 4 saturated carbocycles. The fourth-order valence-electron chi connectivity index (χ4n) is 6.22. The van der Waals surface area contributed by atoms with Gasteiger partial charge in [0.1, 0.15) is 0 Å². The third-order valence-electron chi connectivity index (χ3n) is 5.92. The normalized spacial score (nSPS) is 42.2. The van der Waals surface area contributed by atoms with E-state index in [0.29, 0.717) is 10.3 Å². The first-order chi connectivity index (χ1) is 8.66. The molecule has 4 bridgehead atoms. The van der Waals surface area contributed by atoms with Gasteiger partial charge in [0, 0.05) is 0 Å². The predicted molar refractivity (Wildman–Crippen MR) is 87.3 cm³/mol. The van der Waals surface area contributed by atoms with Gasteiger partial charge in [-0.15, -0.1) is 0 Å². The van der Waals surface area contributed by atoms with E-state index in [0.717, 1.165) is 29.3 Å². The van der Waals surface area contributed by atoms with Crippen molar-refractivity contribution in [2.75, 3.05) is 0 Å². The second-order valence-electron chi connectivity index (χ2n) is 9.63. The molecule has 0 radical (unpaired) electrons. The molecule has 4 fully saturated rings. The van der Waals surface area contributed by atoms with Gasteiger partial charge in [-0.2, -0.15) is 0 Å². The summed E-state index contributed by atoms with van der Waals surface area (Å²) in [5, 5.41) is 1.04. The summed E-state index contributed by atoms with van der Waals surface area (Å²) in [6.07, 6.45) is 7.93. The van der Waals surface area contributed by atoms with Crippen LogP contribution in [-0.2, 0) is 0 Å². The smallest absolute Gasteiger partial charge is 0.0143 e. The molecule has 4 rings (SSSR count). The molecular weight excluding hydrogens is 247 g/mol. The van der Waals surface area contributed by atoms with E-state index in [1.807, 2.05) is 0 Å². The average molecular weight is 280 g/mol. The molecule has 4 aliphatic rings. The minimum absolute atomic E-state index is 0.107. The molecule has 0 aliphatic heterocycles. The van der Waals surface area contributed by atoms with Crippen LogP contribution in [0.4, 0.5) is 0 Å². The van der Waals surface area contributed by atoms with E-state index in [1.165, 1.54) is 0 Å². The Morgan fingerprint density at radius 2 is 1.00 bits per heavy atom. The van der Waals surface area contributed by atoms with Gasteiger partial charge in [-0.1, -0.05) is 49.5 Å². The largest absolute Gasteiger partial charge is 0.0919 e. The van der Waals surface area contributed by atoms with Crippen LogP contribution in [0.15, 0.2) is 0 Å². The first-order valence-corrected chi connectivity index (χ1v) is 9.87. The number of rotatable bonds is 1. The summed E-state index contributed by atoms with van der Waals surface area (Å²) < 4.78 is 0. The molecule has 0 heterocycles. The van der Waals surface area contributed by atoms with Crippen LogP contribution in [0.2, 0.25) is 0 Å². The summed E-state index contributed by atoms with van der Waals surface area (Å²) in [6.45, 7) is 15.1. The summed E-state index contributed by atoms with van der Waals surface area (Å²) in [6, 6.07) is 0. The van der Waals surface area contributed by atoms with E-state index in [-0.39, 0.29) is 7.92 Å². The van der Waals surface area contributed by atoms with Crippen LogP contribution in [-0.4, -0.2) is 16.0 Å². The van der Waals surface area contributed by atoms with Crippen molar-refractivity contribution in [3.63, 3.8) is 0 Å². The molecule has 0 nitrogen and oxygen atoms in total. The summed E-state index contributed by atoms with van der Waals surface area (Å²) in [4.78, 5) is 0. The zero-order valence-corrected chi connectivity index (χ0v) is 14.8. The topological polar surface area (TPSA) is 0 Å². The van der Waals surface area contributed by atoms with Crippen LogP contribution in [0.25, 0.3) is 0 Å². The average Bonchev–Trinajstić information content (AvgIpc) is 2.18. The van der Waals surface area contributed by atoms with Crippen LogP contribution in [0.1, 0.15) is 73.6 Å². The van der Waals surface area contributed by atoms with Crippen LogP contribution < -0.4 is 0 Å². The highest BCUT2D eigenvalue weighted by atomic mass is 31.1. The van der Waals surface area contributed by atoms with Crippen molar-refractivity contribution >= 4 is 7.92 Å². The Morgan fingerprint density at radius 1 is 0.632 bits per heavy atom. The quantitative estimate of drug-likeness (QED) is 0.525. The van der Waals surface area contributed by atoms with Crippen LogP contribution in [0.5, 0.6) is 0 Å². The van der Waals surface area contributed by atoms with Gasteiger partial charge in [-0.05, 0) is 71.7 Å². The molecule has 0 saturated heterocycles. The molecule has 0 aromatic carbocycles. The first-order valence-electron chi connectivity index (χ1n) is 8.45. The van der Waals surface area contributed by atoms with Crippen molar-refractivity contribution < 1.29 is 0 Å². The van der Waals surface area contributed by atoms with Crippen molar-refractivity contribution in [1.82, 2.24) is 0 Å². The minimum atomic E-state index is 0.107. The predicted octanol–water partition coefficient (Wildman–Crippen LogP) is 5.89. The molecule has 0 unspecified atom stereocenters. The van der Waals surface area contributed by atoms with Gasteiger partial charge in [0.2, 0.25) is 0 Å². The van der Waals surface area contributed by atoms with Crippen molar-refractivity contribution in [2.45, 2.75) is 89.6 Å². The zero-order chi connectivity index (χ0) is 14.0. The van der Waals surface area contributed by atoms with Gasteiger partial charge in [-0.25, -0.2) is 0 Å². The van der Waals surface area contributed by atoms with Crippen molar-refractivity contribution in [2.24, 2.45) is 23.7 Å². The Bertz CT molecular complexity index is 302. The van der Waals surface area contributed by atoms with E-state index < -0.39 is 0 Å². The summed E-state index contributed by atoms with van der Waals surface area (Å²) in [5.41, 5.74) is 1.09. The highest BCUT2D eigenvalue weighted by Gasteiger charge is 2.54. The Labute approximate surface area is 121 Å². The van der Waals surface area contributed by atoms with E-state index in [1.54, 1.807) is 32.1 Å². The van der Waals surface area contributed by atoms with Crippen LogP contribution in [0.3, 0.4) is 0 Å². The highest BCUT2D eigenvalue weighted by molar-refractivity contribution is 7.61. The van der Waals surface area contributed by atoms with E-state index in [9.17, 15) is 0 Å². The van der Waals surface area contributed by atoms with Gasteiger partial charge in [0.15, 0.2) is 0 Å². The van der Waals surface area contributed by atoms with Crippen molar-refractivity contribution in [3.05, 3.63) is 0 Å². The lowest BCUT2D eigenvalue weighted by Gasteiger charge is -2.61. The van der Waals surface area contributed by atoms with Gasteiger partial charge in [-0.3, -0.25) is 0 Å². The molecule has 4 aliphatic carbocycles. The molecule has 0 spiro atoms. The number of hydrogen-bond acceptors (Lipinski definition) is 0. The minimum Gasteiger partial charge on any atom is -0.0919 e. The molecule has 110 valence electrons. The fraction of sp³-hybridized carbons (Fsp3) is 1.00. The molecule has 19 heavy (non-hydrogen) atoms.